The van der Waals surface area contributed by atoms with Crippen molar-refractivity contribution in [2.45, 2.75) is 12.7 Å². The fourth-order valence-electron chi connectivity index (χ4n) is 3.12. The van der Waals surface area contributed by atoms with Crippen LogP contribution in [0.25, 0.3) is 0 Å². The molecule has 3 rings (SSSR count). The second-order valence-corrected chi connectivity index (χ2v) is 14.4. The summed E-state index contributed by atoms with van der Waals surface area (Å²) in [7, 11) is 0. The normalized spacial score (nSPS) is 11.1. The maximum atomic E-state index is 13.5. The van der Waals surface area contributed by atoms with Gasteiger partial charge >= 0.3 is 151 Å². The van der Waals surface area contributed by atoms with Gasteiger partial charge in [-0.25, -0.2) is 0 Å². The molecule has 0 atom stereocenters. The van der Waals surface area contributed by atoms with Crippen LogP contribution in [0.4, 0.5) is 0 Å². The van der Waals surface area contributed by atoms with Gasteiger partial charge in [0, 0.05) is 0 Å². The van der Waals surface area contributed by atoms with Crippen LogP contribution in [0.5, 0.6) is 0 Å². The summed E-state index contributed by atoms with van der Waals surface area (Å²) in [5.74, 6) is 2.15. The zero-order valence-corrected chi connectivity index (χ0v) is 16.5. The summed E-state index contributed by atoms with van der Waals surface area (Å²) in [6, 6.07) is 27.2. The molecule has 0 aliphatic rings. The van der Waals surface area contributed by atoms with Gasteiger partial charge in [-0.3, -0.25) is 0 Å². The Kier molecular flexibility index (Phi) is 5.00. The maximum absolute atomic E-state index is 13.5. The van der Waals surface area contributed by atoms with Gasteiger partial charge in [-0.15, -0.1) is 0 Å². The molecule has 0 saturated heterocycles. The quantitative estimate of drug-likeness (QED) is 0.495. The van der Waals surface area contributed by atoms with Gasteiger partial charge in [0.15, 0.2) is 0 Å². The van der Waals surface area contributed by atoms with Gasteiger partial charge in [0.1, 0.15) is 0 Å². The van der Waals surface area contributed by atoms with E-state index in [4.69, 9.17) is 0 Å². The molecule has 0 aromatic heterocycles. The van der Waals surface area contributed by atoms with Crippen LogP contribution in [0.1, 0.15) is 27.6 Å². The number of ketones is 1. The fourth-order valence-corrected chi connectivity index (χ4v) is 10.1. The average Bonchev–Trinajstić information content (AvgIpc) is 2.68. The van der Waals surface area contributed by atoms with Crippen molar-refractivity contribution in [3.05, 3.63) is 96.1 Å². The second-order valence-electron chi connectivity index (χ2n) is 6.32. The Balaban J connectivity index is 2.12. The zero-order chi connectivity index (χ0) is 17.9. The van der Waals surface area contributed by atoms with Crippen molar-refractivity contribution in [2.24, 2.45) is 0 Å². The summed E-state index contributed by atoms with van der Waals surface area (Å²) < 4.78 is 2.47. The standard InChI is InChI=1S/C22H20GeO2/c1-17(24)18-13-15-19(16-14-18)22(25)23(2,20-9-5-3-6-10-20)21-11-7-4-8-12-21/h3-16H,1-2H3. The first-order chi connectivity index (χ1) is 12.0. The number of benzene rings is 3. The van der Waals surface area contributed by atoms with E-state index in [-0.39, 0.29) is 10.4 Å². The molecule has 2 nitrogen and oxygen atoms in total. The minimum atomic E-state index is -3.25. The molecule has 0 fully saturated rings. The second kappa shape index (κ2) is 7.20. The number of rotatable bonds is 5. The van der Waals surface area contributed by atoms with Crippen LogP contribution in [0.15, 0.2) is 84.9 Å². The van der Waals surface area contributed by atoms with E-state index in [1.54, 1.807) is 24.3 Å². The van der Waals surface area contributed by atoms with E-state index in [1.165, 1.54) is 6.92 Å². The third kappa shape index (κ3) is 3.35. The van der Waals surface area contributed by atoms with E-state index in [0.29, 0.717) is 11.1 Å². The Bertz CT molecular complexity index is 845. The van der Waals surface area contributed by atoms with Crippen molar-refractivity contribution < 1.29 is 9.59 Å². The van der Waals surface area contributed by atoms with E-state index >= 15 is 0 Å². The van der Waals surface area contributed by atoms with Crippen molar-refractivity contribution in [1.29, 1.82) is 0 Å². The Morgan fingerprint density at radius 2 is 1.04 bits per heavy atom. The Labute approximate surface area is 150 Å². The molecular formula is C22H20GeO2. The van der Waals surface area contributed by atoms with E-state index < -0.39 is 13.3 Å². The van der Waals surface area contributed by atoms with Crippen molar-refractivity contribution in [3.63, 3.8) is 0 Å². The molecule has 0 heterocycles. The molecule has 0 spiro atoms. The molecule has 0 amide bonds. The number of carbonyl (C=O) groups excluding carboxylic acids is 2. The van der Waals surface area contributed by atoms with Gasteiger partial charge in [0.05, 0.1) is 0 Å². The van der Waals surface area contributed by atoms with Crippen LogP contribution in [0, 0.1) is 0 Å². The molecule has 0 N–H and O–H groups in total. The summed E-state index contributed by atoms with van der Waals surface area (Å²) in [4.78, 5) is 25.0. The number of carbonyl (C=O) groups is 2. The minimum absolute atomic E-state index is 0.00871. The van der Waals surface area contributed by atoms with Gasteiger partial charge < -0.3 is 0 Å². The molecule has 3 heteroatoms. The number of hydrogen-bond acceptors (Lipinski definition) is 2. The Morgan fingerprint density at radius 1 is 0.640 bits per heavy atom. The van der Waals surface area contributed by atoms with E-state index in [9.17, 15) is 9.59 Å². The van der Waals surface area contributed by atoms with Crippen LogP contribution >= 0.6 is 0 Å². The first kappa shape index (κ1) is 17.4. The average molecular weight is 389 g/mol. The van der Waals surface area contributed by atoms with E-state index in [2.05, 4.69) is 30.0 Å². The molecular weight excluding hydrogens is 369 g/mol. The van der Waals surface area contributed by atoms with Gasteiger partial charge in [0.2, 0.25) is 0 Å². The molecule has 0 radical (unpaired) electrons. The predicted molar refractivity (Wildman–Crippen MR) is 105 cm³/mol. The molecule has 0 aliphatic carbocycles. The summed E-state index contributed by atoms with van der Waals surface area (Å²) in [6.45, 7) is 1.53. The summed E-state index contributed by atoms with van der Waals surface area (Å²) in [5, 5.41) is 0. The van der Waals surface area contributed by atoms with Gasteiger partial charge in [0.25, 0.3) is 0 Å². The van der Waals surface area contributed by atoms with Crippen LogP contribution < -0.4 is 8.79 Å². The third-order valence-electron chi connectivity index (χ3n) is 4.71. The summed E-state index contributed by atoms with van der Waals surface area (Å²) in [5.41, 5.74) is 1.31. The van der Waals surface area contributed by atoms with Crippen LogP contribution in [-0.2, 0) is 0 Å². The topological polar surface area (TPSA) is 34.1 Å². The van der Waals surface area contributed by atoms with Gasteiger partial charge in [-0.05, 0) is 0 Å². The number of hydrogen-bond donors (Lipinski definition) is 0. The molecule has 3 aromatic rings. The summed E-state index contributed by atoms with van der Waals surface area (Å²) in [6.07, 6.45) is 0. The SMILES string of the molecule is CC(=O)c1ccc([C](=O)[Ge]([CH3])([c]2ccccc2)[c]2ccccc2)cc1. The molecule has 3 aromatic carbocycles. The van der Waals surface area contributed by atoms with Gasteiger partial charge in [-0.2, -0.15) is 0 Å². The van der Waals surface area contributed by atoms with Crippen molar-refractivity contribution in [2.75, 3.05) is 0 Å². The first-order valence-electron chi connectivity index (χ1n) is 8.30. The molecule has 25 heavy (non-hydrogen) atoms. The van der Waals surface area contributed by atoms with Crippen LogP contribution in [0.2, 0.25) is 5.76 Å². The van der Waals surface area contributed by atoms with E-state index in [0.717, 1.165) is 8.79 Å². The monoisotopic (exact) mass is 390 g/mol. The van der Waals surface area contributed by atoms with Crippen molar-refractivity contribution in [3.8, 4) is 0 Å². The zero-order valence-electron chi connectivity index (χ0n) is 14.4. The van der Waals surface area contributed by atoms with Gasteiger partial charge in [-0.1, -0.05) is 0 Å². The van der Waals surface area contributed by atoms with E-state index in [1.807, 2.05) is 36.4 Å². The van der Waals surface area contributed by atoms with Crippen LogP contribution in [0.3, 0.4) is 0 Å². The molecule has 0 unspecified atom stereocenters. The molecule has 124 valence electrons. The molecule has 0 aliphatic heterocycles. The predicted octanol–water partition coefficient (Wildman–Crippen LogP) is 3.50. The number of Topliss-reactive ketones (excluding diaryl/α,β-unsaturated/α-hetero) is 1. The Hall–Kier alpha value is -2.46. The first-order valence-corrected chi connectivity index (χ1v) is 13.5. The Morgan fingerprint density at radius 3 is 1.44 bits per heavy atom. The van der Waals surface area contributed by atoms with Crippen molar-refractivity contribution >= 4 is 32.5 Å². The molecule has 0 saturated carbocycles. The van der Waals surface area contributed by atoms with Crippen molar-refractivity contribution in [1.82, 2.24) is 0 Å². The van der Waals surface area contributed by atoms with Crippen LogP contribution in [-0.4, -0.2) is 23.7 Å². The molecule has 0 bridgehead atoms. The fraction of sp³-hybridized carbons (Fsp3) is 0.0909. The summed E-state index contributed by atoms with van der Waals surface area (Å²) >= 11 is -3.25. The third-order valence-corrected chi connectivity index (χ3v) is 13.5.